The molecule has 2 N–H and O–H groups in total. The fraction of sp³-hybridized carbons (Fsp3) is 0.167. The summed E-state index contributed by atoms with van der Waals surface area (Å²) >= 11 is 0.676. The molecule has 0 fully saturated rings. The molecule has 110 valence electrons. The average Bonchev–Trinajstić information content (AvgIpc) is 2.95. The molecule has 0 saturated heterocycles. The molecule has 2 rings (SSSR count). The number of hydrogen-bond acceptors (Lipinski definition) is 5. The summed E-state index contributed by atoms with van der Waals surface area (Å²) in [4.78, 5) is 30.0. The lowest BCUT2D eigenvalue weighted by molar-refractivity contribution is -0.140. The van der Waals surface area contributed by atoms with Gasteiger partial charge in [0.2, 0.25) is 5.91 Å². The van der Waals surface area contributed by atoms with Crippen molar-refractivity contribution in [3.8, 4) is 0 Å². The van der Waals surface area contributed by atoms with Gasteiger partial charge in [0.1, 0.15) is 0 Å². The van der Waals surface area contributed by atoms with E-state index < -0.39 is 22.7 Å². The molecule has 0 aliphatic heterocycles. The van der Waals surface area contributed by atoms with Crippen LogP contribution in [-0.4, -0.2) is 21.8 Å². The number of carbonyl (C=O) groups is 2. The van der Waals surface area contributed by atoms with E-state index in [-0.39, 0.29) is 11.5 Å². The Kier molecular flexibility index (Phi) is 4.22. The molecule has 21 heavy (non-hydrogen) atoms. The molecular formula is C12H10F2N4O2S. The Morgan fingerprint density at radius 2 is 2.00 bits per heavy atom. The zero-order chi connectivity index (χ0) is 15.5. The summed E-state index contributed by atoms with van der Waals surface area (Å²) in [6.45, 7) is 1.24. The topological polar surface area (TPSA) is 84.0 Å². The number of amides is 2. The molecule has 2 aromatic rings. The summed E-state index contributed by atoms with van der Waals surface area (Å²) in [6, 6.07) is 2.80. The third-order valence-electron chi connectivity index (χ3n) is 2.34. The van der Waals surface area contributed by atoms with Crippen LogP contribution in [0, 0.1) is 0 Å². The summed E-state index contributed by atoms with van der Waals surface area (Å²) in [5.41, 5.74) is -0.0195. The van der Waals surface area contributed by atoms with Crippen molar-refractivity contribution in [3.63, 3.8) is 0 Å². The second-order valence-corrected chi connectivity index (χ2v) is 4.84. The first-order chi connectivity index (χ1) is 9.91. The normalized spacial score (nSPS) is 11.0. The number of thiazole rings is 1. The summed E-state index contributed by atoms with van der Waals surface area (Å²) in [5.74, 6) is -5.75. The first-order valence-electron chi connectivity index (χ1n) is 5.73. The molecule has 2 amide bonds. The molecule has 0 aliphatic carbocycles. The number of nitrogens with one attached hydrogen (secondary N) is 2. The molecular weight excluding hydrogens is 302 g/mol. The fourth-order valence-electron chi connectivity index (χ4n) is 1.45. The minimum Gasteiger partial charge on any atom is -0.317 e. The van der Waals surface area contributed by atoms with Crippen LogP contribution in [0.4, 0.5) is 20.3 Å². The molecule has 0 bridgehead atoms. The van der Waals surface area contributed by atoms with Crippen LogP contribution in [0.5, 0.6) is 0 Å². The van der Waals surface area contributed by atoms with E-state index in [4.69, 9.17) is 0 Å². The van der Waals surface area contributed by atoms with Gasteiger partial charge >= 0.3 is 11.8 Å². The number of pyridine rings is 1. The van der Waals surface area contributed by atoms with Crippen LogP contribution < -0.4 is 10.6 Å². The summed E-state index contributed by atoms with van der Waals surface area (Å²) < 4.78 is 27.8. The second kappa shape index (κ2) is 5.92. The Morgan fingerprint density at radius 1 is 1.24 bits per heavy atom. The predicted octanol–water partition coefficient (Wildman–Crippen LogP) is 2.23. The molecule has 2 aromatic heterocycles. The second-order valence-electron chi connectivity index (χ2n) is 3.95. The van der Waals surface area contributed by atoms with Gasteiger partial charge in [-0.3, -0.25) is 9.59 Å². The summed E-state index contributed by atoms with van der Waals surface area (Å²) in [5, 5.41) is 5.13. The number of aromatic nitrogens is 2. The summed E-state index contributed by atoms with van der Waals surface area (Å²) in [6.07, 6.45) is 2.55. The van der Waals surface area contributed by atoms with Crippen molar-refractivity contribution in [2.45, 2.75) is 12.8 Å². The lowest BCUT2D eigenvalue weighted by Gasteiger charge is -2.15. The van der Waals surface area contributed by atoms with Gasteiger partial charge in [-0.2, -0.15) is 8.78 Å². The van der Waals surface area contributed by atoms with Crippen LogP contribution in [0.3, 0.4) is 0 Å². The Labute approximate surface area is 122 Å². The van der Waals surface area contributed by atoms with Crippen molar-refractivity contribution in [2.75, 3.05) is 10.6 Å². The van der Waals surface area contributed by atoms with Crippen LogP contribution in [0.1, 0.15) is 11.9 Å². The minimum absolute atomic E-state index is 0.00621. The maximum atomic E-state index is 13.9. The third kappa shape index (κ3) is 3.37. The number of nitrogens with zero attached hydrogens (tertiary/aromatic N) is 2. The van der Waals surface area contributed by atoms with E-state index in [2.05, 4.69) is 15.3 Å². The smallest absolute Gasteiger partial charge is 0.317 e. The van der Waals surface area contributed by atoms with Gasteiger partial charge < -0.3 is 10.6 Å². The van der Waals surface area contributed by atoms with E-state index in [1.165, 1.54) is 36.8 Å². The van der Waals surface area contributed by atoms with Gasteiger partial charge in [-0.25, -0.2) is 9.97 Å². The fourth-order valence-corrected chi connectivity index (χ4v) is 2.06. The number of rotatable bonds is 4. The van der Waals surface area contributed by atoms with E-state index in [1.807, 2.05) is 5.32 Å². The number of halogens is 2. The maximum absolute atomic E-state index is 13.9. The van der Waals surface area contributed by atoms with E-state index >= 15 is 0 Å². The Hall–Kier alpha value is -2.42. The average molecular weight is 312 g/mol. The van der Waals surface area contributed by atoms with Crippen LogP contribution in [0.2, 0.25) is 0 Å². The molecule has 0 aromatic carbocycles. The molecule has 0 spiro atoms. The molecule has 0 aliphatic rings. The van der Waals surface area contributed by atoms with Crippen LogP contribution >= 0.6 is 11.3 Å². The van der Waals surface area contributed by atoms with Crippen LogP contribution in [0.25, 0.3) is 0 Å². The number of alkyl halides is 2. The van der Waals surface area contributed by atoms with Crippen molar-refractivity contribution in [3.05, 3.63) is 34.9 Å². The van der Waals surface area contributed by atoms with E-state index in [0.29, 0.717) is 11.3 Å². The zero-order valence-corrected chi connectivity index (χ0v) is 11.6. The van der Waals surface area contributed by atoms with Gasteiger partial charge in [0.05, 0.1) is 5.69 Å². The number of carbonyl (C=O) groups excluding carboxylic acids is 2. The van der Waals surface area contributed by atoms with E-state index in [0.717, 1.165) is 0 Å². The maximum Gasteiger partial charge on any atom is 0.375 e. The Morgan fingerprint density at radius 3 is 2.62 bits per heavy atom. The van der Waals surface area contributed by atoms with E-state index in [1.54, 1.807) is 0 Å². The summed E-state index contributed by atoms with van der Waals surface area (Å²) in [7, 11) is 0. The van der Waals surface area contributed by atoms with Gasteiger partial charge in [-0.1, -0.05) is 0 Å². The third-order valence-corrected chi connectivity index (χ3v) is 3.18. The van der Waals surface area contributed by atoms with Gasteiger partial charge in [0, 0.05) is 24.7 Å². The monoisotopic (exact) mass is 312 g/mol. The quantitative estimate of drug-likeness (QED) is 0.906. The predicted molar refractivity (Wildman–Crippen MR) is 73.2 cm³/mol. The highest BCUT2D eigenvalue weighted by atomic mass is 32.1. The Balaban J connectivity index is 2.22. The zero-order valence-electron chi connectivity index (χ0n) is 10.8. The molecule has 9 heteroatoms. The van der Waals surface area contributed by atoms with Gasteiger partial charge in [0.15, 0.2) is 10.8 Å². The molecule has 0 saturated carbocycles. The lowest BCUT2D eigenvalue weighted by atomic mass is 10.3. The molecule has 0 radical (unpaired) electrons. The van der Waals surface area contributed by atoms with Gasteiger partial charge in [-0.15, -0.1) is 11.3 Å². The van der Waals surface area contributed by atoms with Crippen molar-refractivity contribution >= 4 is 34.7 Å². The first-order valence-corrected chi connectivity index (χ1v) is 6.61. The van der Waals surface area contributed by atoms with Crippen LogP contribution in [-0.2, 0) is 15.5 Å². The van der Waals surface area contributed by atoms with Crippen molar-refractivity contribution in [1.29, 1.82) is 0 Å². The largest absolute Gasteiger partial charge is 0.375 e. The SMILES string of the molecule is CC(=O)Nc1ncccc1NC(=O)C(F)(F)c1nccs1. The van der Waals surface area contributed by atoms with Crippen molar-refractivity contribution < 1.29 is 18.4 Å². The standard InChI is InChI=1S/C12H10F2N4O2S/c1-7(19)17-9-8(3-2-4-15-9)18-10(20)12(13,14)11-16-5-6-21-11/h2-6H,1H3,(H,18,20)(H,15,17,19). The van der Waals surface area contributed by atoms with Crippen LogP contribution in [0.15, 0.2) is 29.9 Å². The highest BCUT2D eigenvalue weighted by molar-refractivity contribution is 7.09. The highest BCUT2D eigenvalue weighted by Gasteiger charge is 2.43. The molecule has 0 atom stereocenters. The lowest BCUT2D eigenvalue weighted by Crippen LogP contribution is -2.32. The molecule has 6 nitrogen and oxygen atoms in total. The van der Waals surface area contributed by atoms with Crippen molar-refractivity contribution in [1.82, 2.24) is 9.97 Å². The number of hydrogen-bond donors (Lipinski definition) is 2. The van der Waals surface area contributed by atoms with Gasteiger partial charge in [-0.05, 0) is 12.1 Å². The Bertz CT molecular complexity index is 661. The number of anilines is 2. The minimum atomic E-state index is -3.77. The first kappa shape index (κ1) is 15.0. The van der Waals surface area contributed by atoms with Gasteiger partial charge in [0.25, 0.3) is 0 Å². The molecule has 2 heterocycles. The van der Waals surface area contributed by atoms with Crippen molar-refractivity contribution in [2.24, 2.45) is 0 Å². The molecule has 0 unspecified atom stereocenters. The van der Waals surface area contributed by atoms with E-state index in [9.17, 15) is 18.4 Å². The highest BCUT2D eigenvalue weighted by Crippen LogP contribution is 2.31.